The molecule has 1 N–H and O–H groups in total. The van der Waals surface area contributed by atoms with Crippen LogP contribution in [0.2, 0.25) is 5.02 Å². The number of carbonyl (C=O) groups excluding carboxylic acids is 2. The molecule has 1 aromatic carbocycles. The van der Waals surface area contributed by atoms with Crippen molar-refractivity contribution >= 4 is 35.2 Å². The van der Waals surface area contributed by atoms with Gasteiger partial charge >= 0.3 is 0 Å². The smallest absolute Gasteiger partial charge is 0.256 e. The number of halogens is 1. The van der Waals surface area contributed by atoms with E-state index in [1.165, 1.54) is 0 Å². The van der Waals surface area contributed by atoms with E-state index in [9.17, 15) is 9.59 Å². The van der Waals surface area contributed by atoms with Gasteiger partial charge in [-0.2, -0.15) is 0 Å². The molecular weight excluding hydrogens is 296 g/mol. The van der Waals surface area contributed by atoms with Crippen molar-refractivity contribution in [3.05, 3.63) is 28.8 Å². The summed E-state index contributed by atoms with van der Waals surface area (Å²) in [6.07, 6.45) is 2.54. The maximum Gasteiger partial charge on any atom is 0.256 e. The maximum atomic E-state index is 12.7. The predicted molar refractivity (Wildman–Crippen MR) is 81.4 cm³/mol. The third-order valence-corrected chi connectivity index (χ3v) is 4.44. The summed E-state index contributed by atoms with van der Waals surface area (Å²) in [5.74, 6) is -0.267. The number of hydrogen-bond donors (Lipinski definition) is 1. The van der Waals surface area contributed by atoms with Crippen LogP contribution in [0.1, 0.15) is 23.7 Å². The van der Waals surface area contributed by atoms with Gasteiger partial charge in [0.2, 0.25) is 5.91 Å². The fourth-order valence-corrected chi connectivity index (χ4v) is 2.95. The Balaban J connectivity index is 2.32. The molecule has 1 fully saturated rings. The molecule has 0 saturated carbocycles. The standard InChI is InChI=1S/C14H17ClN2O2S/c1-3-12-13(18)16-6-7-17(12)14(19)10-8-9(20-2)4-5-11(10)15/h4-5,8,12H,3,6-7H2,1-2H3,(H,16,18). The highest BCUT2D eigenvalue weighted by atomic mass is 35.5. The lowest BCUT2D eigenvalue weighted by molar-refractivity contribution is -0.127. The van der Waals surface area contributed by atoms with Gasteiger partial charge in [-0.25, -0.2) is 0 Å². The molecule has 1 aliphatic rings. The molecular formula is C14H17ClN2O2S. The normalized spacial score (nSPS) is 18.9. The maximum absolute atomic E-state index is 12.7. The van der Waals surface area contributed by atoms with E-state index in [2.05, 4.69) is 5.32 Å². The van der Waals surface area contributed by atoms with Crippen molar-refractivity contribution in [2.45, 2.75) is 24.3 Å². The van der Waals surface area contributed by atoms with Gasteiger partial charge in [0.25, 0.3) is 5.91 Å². The number of hydrogen-bond acceptors (Lipinski definition) is 3. The van der Waals surface area contributed by atoms with Crippen LogP contribution in [-0.2, 0) is 4.79 Å². The second kappa shape index (κ2) is 6.50. The van der Waals surface area contributed by atoms with Gasteiger partial charge in [0.1, 0.15) is 6.04 Å². The van der Waals surface area contributed by atoms with Gasteiger partial charge in [0.05, 0.1) is 10.6 Å². The Morgan fingerprint density at radius 1 is 1.55 bits per heavy atom. The van der Waals surface area contributed by atoms with Gasteiger partial charge in [0, 0.05) is 18.0 Å². The van der Waals surface area contributed by atoms with Crippen molar-refractivity contribution in [2.75, 3.05) is 19.3 Å². The zero-order valence-corrected chi connectivity index (χ0v) is 13.1. The van der Waals surface area contributed by atoms with Gasteiger partial charge < -0.3 is 10.2 Å². The number of carbonyl (C=O) groups is 2. The van der Waals surface area contributed by atoms with E-state index < -0.39 is 6.04 Å². The fraction of sp³-hybridized carbons (Fsp3) is 0.429. The minimum Gasteiger partial charge on any atom is -0.353 e. The van der Waals surface area contributed by atoms with Gasteiger partial charge in [0.15, 0.2) is 0 Å². The van der Waals surface area contributed by atoms with E-state index in [0.29, 0.717) is 30.1 Å². The topological polar surface area (TPSA) is 49.4 Å². The molecule has 0 radical (unpaired) electrons. The highest BCUT2D eigenvalue weighted by Gasteiger charge is 2.32. The van der Waals surface area contributed by atoms with Crippen LogP contribution in [0.4, 0.5) is 0 Å². The van der Waals surface area contributed by atoms with Crippen LogP contribution >= 0.6 is 23.4 Å². The van der Waals surface area contributed by atoms with Gasteiger partial charge in [-0.05, 0) is 30.9 Å². The number of amides is 2. The minimum absolute atomic E-state index is 0.0933. The van der Waals surface area contributed by atoms with Crippen LogP contribution in [0.15, 0.2) is 23.1 Å². The lowest BCUT2D eigenvalue weighted by atomic mass is 10.1. The lowest BCUT2D eigenvalue weighted by Gasteiger charge is -2.34. The largest absolute Gasteiger partial charge is 0.353 e. The molecule has 1 unspecified atom stereocenters. The molecule has 20 heavy (non-hydrogen) atoms. The Kier molecular flexibility index (Phi) is 4.94. The minimum atomic E-state index is -0.412. The first-order valence-corrected chi connectivity index (χ1v) is 8.11. The SMILES string of the molecule is CCC1C(=O)NCCN1C(=O)c1cc(SC)ccc1Cl. The van der Waals surface area contributed by atoms with Gasteiger partial charge in [-0.15, -0.1) is 11.8 Å². The highest BCUT2D eigenvalue weighted by Crippen LogP contribution is 2.25. The average molecular weight is 313 g/mol. The number of nitrogens with one attached hydrogen (secondary N) is 1. The molecule has 1 aromatic rings. The molecule has 6 heteroatoms. The van der Waals surface area contributed by atoms with Crippen molar-refractivity contribution in [1.29, 1.82) is 0 Å². The zero-order valence-electron chi connectivity index (χ0n) is 11.5. The number of nitrogens with zero attached hydrogens (tertiary/aromatic N) is 1. The van der Waals surface area contributed by atoms with Crippen LogP contribution in [0.25, 0.3) is 0 Å². The van der Waals surface area contributed by atoms with Crippen molar-refractivity contribution in [2.24, 2.45) is 0 Å². The van der Waals surface area contributed by atoms with Crippen molar-refractivity contribution in [3.63, 3.8) is 0 Å². The first-order valence-electron chi connectivity index (χ1n) is 6.50. The molecule has 0 spiro atoms. The number of piperazine rings is 1. The van der Waals surface area contributed by atoms with Crippen LogP contribution in [0.3, 0.4) is 0 Å². The van der Waals surface area contributed by atoms with Crippen molar-refractivity contribution in [3.8, 4) is 0 Å². The third kappa shape index (κ3) is 2.94. The predicted octanol–water partition coefficient (Wildman–Crippen LogP) is 2.41. The summed E-state index contributed by atoms with van der Waals surface area (Å²) in [6.45, 7) is 2.90. The van der Waals surface area contributed by atoms with E-state index in [4.69, 9.17) is 11.6 Å². The molecule has 0 bridgehead atoms. The monoisotopic (exact) mass is 312 g/mol. The van der Waals surface area contributed by atoms with E-state index in [1.54, 1.807) is 28.8 Å². The molecule has 2 rings (SSSR count). The highest BCUT2D eigenvalue weighted by molar-refractivity contribution is 7.98. The average Bonchev–Trinajstić information content (AvgIpc) is 2.46. The molecule has 108 valence electrons. The van der Waals surface area contributed by atoms with Crippen LogP contribution < -0.4 is 5.32 Å². The van der Waals surface area contributed by atoms with Crippen molar-refractivity contribution < 1.29 is 9.59 Å². The number of thioether (sulfide) groups is 1. The second-order valence-corrected chi connectivity index (χ2v) is 5.85. The first-order chi connectivity index (χ1) is 9.58. The summed E-state index contributed by atoms with van der Waals surface area (Å²) in [6, 6.07) is 4.98. The summed E-state index contributed by atoms with van der Waals surface area (Å²) in [5.41, 5.74) is 0.465. The van der Waals surface area contributed by atoms with Gasteiger partial charge in [-0.3, -0.25) is 9.59 Å². The first kappa shape index (κ1) is 15.2. The molecule has 1 heterocycles. The van der Waals surface area contributed by atoms with Crippen molar-refractivity contribution in [1.82, 2.24) is 10.2 Å². The Labute approximate surface area is 127 Å². The molecule has 1 atom stereocenters. The van der Waals surface area contributed by atoms with E-state index in [0.717, 1.165) is 4.90 Å². The van der Waals surface area contributed by atoms with Crippen LogP contribution in [0, 0.1) is 0 Å². The molecule has 4 nitrogen and oxygen atoms in total. The van der Waals surface area contributed by atoms with Crippen LogP contribution in [-0.4, -0.2) is 42.1 Å². The summed E-state index contributed by atoms with van der Waals surface area (Å²) in [4.78, 5) is 27.1. The van der Waals surface area contributed by atoms with E-state index in [1.807, 2.05) is 19.2 Å². The zero-order chi connectivity index (χ0) is 14.7. The molecule has 2 amide bonds. The molecule has 1 aliphatic heterocycles. The van der Waals surface area contributed by atoms with E-state index >= 15 is 0 Å². The molecule has 1 saturated heterocycles. The summed E-state index contributed by atoms with van der Waals surface area (Å²) >= 11 is 7.69. The Bertz CT molecular complexity index is 536. The molecule has 0 aliphatic carbocycles. The molecule has 0 aromatic heterocycles. The number of rotatable bonds is 3. The Morgan fingerprint density at radius 3 is 2.95 bits per heavy atom. The Hall–Kier alpha value is -1.20. The second-order valence-electron chi connectivity index (χ2n) is 4.56. The number of benzene rings is 1. The van der Waals surface area contributed by atoms with E-state index in [-0.39, 0.29) is 11.8 Å². The lowest BCUT2D eigenvalue weighted by Crippen LogP contribution is -2.56. The summed E-state index contributed by atoms with van der Waals surface area (Å²) in [7, 11) is 0. The Morgan fingerprint density at radius 2 is 2.30 bits per heavy atom. The summed E-state index contributed by atoms with van der Waals surface area (Å²) in [5, 5.41) is 3.21. The fourth-order valence-electron chi connectivity index (χ4n) is 2.31. The summed E-state index contributed by atoms with van der Waals surface area (Å²) < 4.78 is 0. The third-order valence-electron chi connectivity index (χ3n) is 3.38. The van der Waals surface area contributed by atoms with Crippen LogP contribution in [0.5, 0.6) is 0 Å². The van der Waals surface area contributed by atoms with Gasteiger partial charge in [-0.1, -0.05) is 18.5 Å². The quantitative estimate of drug-likeness (QED) is 0.872.